The van der Waals surface area contributed by atoms with Gasteiger partial charge in [-0.15, -0.1) is 0 Å². The second-order valence-electron chi connectivity index (χ2n) is 2.78. The third kappa shape index (κ3) is 2.60. The minimum atomic E-state index is -0.376. The molecule has 5 heteroatoms. The maximum Gasteiger partial charge on any atom is 0.338 e. The molecule has 0 bridgehead atoms. The average Bonchev–Trinajstić information content (AvgIpc) is 2.28. The predicted molar refractivity (Wildman–Crippen MR) is 56.8 cm³/mol. The van der Waals surface area contributed by atoms with Gasteiger partial charge in [-0.3, -0.25) is 5.84 Å². The van der Waals surface area contributed by atoms with Crippen molar-refractivity contribution in [2.75, 3.05) is 19.1 Å². The molecule has 0 heterocycles. The largest absolute Gasteiger partial charge is 0.495 e. The molecule has 5 nitrogen and oxygen atoms in total. The Morgan fingerprint density at radius 3 is 2.80 bits per heavy atom. The fourth-order valence-corrected chi connectivity index (χ4v) is 1.15. The Bertz CT molecular complexity index is 353. The Kier molecular flexibility index (Phi) is 3.93. The molecule has 0 fully saturated rings. The summed E-state index contributed by atoms with van der Waals surface area (Å²) in [6.45, 7) is 2.10. The predicted octanol–water partition coefficient (Wildman–Crippen LogP) is 1.16. The molecule has 0 saturated carbocycles. The van der Waals surface area contributed by atoms with Gasteiger partial charge < -0.3 is 14.9 Å². The number of carbonyl (C=O) groups is 1. The van der Waals surface area contributed by atoms with Crippen LogP contribution >= 0.6 is 0 Å². The van der Waals surface area contributed by atoms with Crippen LogP contribution < -0.4 is 16.0 Å². The Morgan fingerprint density at radius 1 is 1.53 bits per heavy atom. The number of rotatable bonds is 4. The zero-order chi connectivity index (χ0) is 11.3. The second kappa shape index (κ2) is 5.21. The molecule has 1 aromatic carbocycles. The van der Waals surface area contributed by atoms with Crippen LogP contribution in [0, 0.1) is 0 Å². The van der Waals surface area contributed by atoms with E-state index in [-0.39, 0.29) is 5.97 Å². The molecule has 0 aliphatic rings. The molecule has 0 saturated heterocycles. The number of nitrogen functional groups attached to an aromatic ring is 1. The summed E-state index contributed by atoms with van der Waals surface area (Å²) in [4.78, 5) is 11.4. The molecular weight excluding hydrogens is 196 g/mol. The first-order chi connectivity index (χ1) is 7.22. The van der Waals surface area contributed by atoms with E-state index < -0.39 is 0 Å². The third-order valence-electron chi connectivity index (χ3n) is 1.87. The van der Waals surface area contributed by atoms with E-state index in [2.05, 4.69) is 5.43 Å². The van der Waals surface area contributed by atoms with Gasteiger partial charge >= 0.3 is 5.97 Å². The molecule has 82 valence electrons. The number of ether oxygens (including phenoxy) is 2. The molecule has 1 rings (SSSR count). The first-order valence-electron chi connectivity index (χ1n) is 4.54. The van der Waals surface area contributed by atoms with Crippen molar-refractivity contribution in [2.24, 2.45) is 5.84 Å². The lowest BCUT2D eigenvalue weighted by Gasteiger charge is -2.09. The van der Waals surface area contributed by atoms with Gasteiger partial charge in [0.2, 0.25) is 0 Å². The minimum Gasteiger partial charge on any atom is -0.495 e. The average molecular weight is 210 g/mol. The summed E-state index contributed by atoms with van der Waals surface area (Å²) in [6.07, 6.45) is 0. The quantitative estimate of drug-likeness (QED) is 0.443. The van der Waals surface area contributed by atoms with E-state index in [9.17, 15) is 4.79 Å². The minimum absolute atomic E-state index is 0.345. The Hall–Kier alpha value is -1.75. The van der Waals surface area contributed by atoms with Crippen molar-refractivity contribution < 1.29 is 14.3 Å². The molecule has 1 aromatic rings. The van der Waals surface area contributed by atoms with Gasteiger partial charge in [-0.2, -0.15) is 0 Å². The monoisotopic (exact) mass is 210 g/mol. The van der Waals surface area contributed by atoms with Crippen molar-refractivity contribution in [1.29, 1.82) is 0 Å². The van der Waals surface area contributed by atoms with Gasteiger partial charge in [0.25, 0.3) is 0 Å². The molecule has 0 aliphatic carbocycles. The summed E-state index contributed by atoms with van der Waals surface area (Å²) in [7, 11) is 1.51. The maximum atomic E-state index is 11.4. The first kappa shape index (κ1) is 11.3. The lowest BCUT2D eigenvalue weighted by molar-refractivity contribution is 0.0526. The van der Waals surface area contributed by atoms with Gasteiger partial charge in [-0.1, -0.05) is 0 Å². The Labute approximate surface area is 88.1 Å². The highest BCUT2D eigenvalue weighted by atomic mass is 16.5. The van der Waals surface area contributed by atoms with E-state index in [4.69, 9.17) is 15.3 Å². The van der Waals surface area contributed by atoms with Crippen LogP contribution in [-0.4, -0.2) is 19.7 Å². The summed E-state index contributed by atoms with van der Waals surface area (Å²) < 4.78 is 9.91. The van der Waals surface area contributed by atoms with Gasteiger partial charge in [0.05, 0.1) is 25.0 Å². The number of nitrogens with two attached hydrogens (primary N) is 1. The van der Waals surface area contributed by atoms with Crippen LogP contribution in [0.2, 0.25) is 0 Å². The number of hydrogen-bond acceptors (Lipinski definition) is 5. The number of benzene rings is 1. The van der Waals surface area contributed by atoms with Crippen molar-refractivity contribution in [1.82, 2.24) is 0 Å². The fourth-order valence-electron chi connectivity index (χ4n) is 1.15. The number of carbonyl (C=O) groups excluding carboxylic acids is 1. The van der Waals surface area contributed by atoms with E-state index in [1.54, 1.807) is 25.1 Å². The van der Waals surface area contributed by atoms with Crippen LogP contribution in [-0.2, 0) is 4.74 Å². The van der Waals surface area contributed by atoms with Crippen LogP contribution in [0.15, 0.2) is 18.2 Å². The van der Waals surface area contributed by atoms with E-state index in [0.717, 1.165) is 0 Å². The van der Waals surface area contributed by atoms with E-state index in [0.29, 0.717) is 23.6 Å². The van der Waals surface area contributed by atoms with Crippen LogP contribution in [0.3, 0.4) is 0 Å². The van der Waals surface area contributed by atoms with Crippen LogP contribution in [0.5, 0.6) is 5.75 Å². The Morgan fingerprint density at radius 2 is 2.27 bits per heavy atom. The summed E-state index contributed by atoms with van der Waals surface area (Å²) in [5.74, 6) is 5.39. The zero-order valence-electron chi connectivity index (χ0n) is 8.74. The number of hydrazine groups is 1. The second-order valence-corrected chi connectivity index (χ2v) is 2.78. The van der Waals surface area contributed by atoms with Crippen LogP contribution in [0.25, 0.3) is 0 Å². The number of hydrogen-bond donors (Lipinski definition) is 2. The molecule has 0 radical (unpaired) electrons. The van der Waals surface area contributed by atoms with Crippen molar-refractivity contribution in [3.8, 4) is 5.75 Å². The van der Waals surface area contributed by atoms with Crippen molar-refractivity contribution in [3.05, 3.63) is 23.8 Å². The molecule has 0 atom stereocenters. The SMILES string of the molecule is CCOC(=O)c1ccc(NN)c(OC)c1. The Balaban J connectivity index is 2.97. The summed E-state index contributed by atoms with van der Waals surface area (Å²) in [5.41, 5.74) is 3.52. The molecule has 3 N–H and O–H groups in total. The van der Waals surface area contributed by atoms with Crippen LogP contribution in [0.4, 0.5) is 5.69 Å². The number of esters is 1. The van der Waals surface area contributed by atoms with Crippen molar-refractivity contribution >= 4 is 11.7 Å². The highest BCUT2D eigenvalue weighted by Gasteiger charge is 2.09. The van der Waals surface area contributed by atoms with Gasteiger partial charge in [0.1, 0.15) is 5.75 Å². The topological polar surface area (TPSA) is 73.6 Å². The molecule has 15 heavy (non-hydrogen) atoms. The van der Waals surface area contributed by atoms with Gasteiger partial charge in [-0.25, -0.2) is 4.79 Å². The molecule has 0 unspecified atom stereocenters. The molecule has 0 aliphatic heterocycles. The summed E-state index contributed by atoms with van der Waals surface area (Å²) in [5, 5.41) is 0. The lowest BCUT2D eigenvalue weighted by atomic mass is 10.2. The normalized spacial score (nSPS) is 9.53. The van der Waals surface area contributed by atoms with Gasteiger partial charge in [0.15, 0.2) is 0 Å². The summed E-state index contributed by atoms with van der Waals surface area (Å²) in [6, 6.07) is 4.86. The van der Waals surface area contributed by atoms with E-state index >= 15 is 0 Å². The highest BCUT2D eigenvalue weighted by molar-refractivity contribution is 5.90. The van der Waals surface area contributed by atoms with E-state index in [1.165, 1.54) is 7.11 Å². The lowest BCUT2D eigenvalue weighted by Crippen LogP contribution is -2.10. The van der Waals surface area contributed by atoms with Gasteiger partial charge in [0, 0.05) is 0 Å². The third-order valence-corrected chi connectivity index (χ3v) is 1.87. The summed E-state index contributed by atoms with van der Waals surface area (Å²) >= 11 is 0. The van der Waals surface area contributed by atoms with Crippen molar-refractivity contribution in [2.45, 2.75) is 6.92 Å². The first-order valence-corrected chi connectivity index (χ1v) is 4.54. The number of methoxy groups -OCH3 is 1. The molecule has 0 amide bonds. The van der Waals surface area contributed by atoms with Crippen molar-refractivity contribution in [3.63, 3.8) is 0 Å². The smallest absolute Gasteiger partial charge is 0.338 e. The molecule has 0 spiro atoms. The number of nitrogens with one attached hydrogen (secondary N) is 1. The van der Waals surface area contributed by atoms with Crippen LogP contribution in [0.1, 0.15) is 17.3 Å². The highest BCUT2D eigenvalue weighted by Crippen LogP contribution is 2.24. The van der Waals surface area contributed by atoms with Gasteiger partial charge in [-0.05, 0) is 25.1 Å². The molecular formula is C10H14N2O3. The maximum absolute atomic E-state index is 11.4. The molecule has 0 aromatic heterocycles. The standard InChI is InChI=1S/C10H14N2O3/c1-3-15-10(13)7-4-5-8(12-11)9(6-7)14-2/h4-6,12H,3,11H2,1-2H3. The number of anilines is 1. The van der Waals surface area contributed by atoms with E-state index in [1.807, 2.05) is 0 Å². The fraction of sp³-hybridized carbons (Fsp3) is 0.300. The zero-order valence-corrected chi connectivity index (χ0v) is 8.74.